The van der Waals surface area contributed by atoms with E-state index in [1.165, 1.54) is 12.3 Å². The molecule has 0 atom stereocenters. The molecule has 1 aromatic rings. The summed E-state index contributed by atoms with van der Waals surface area (Å²) < 4.78 is 12.3. The third-order valence-corrected chi connectivity index (χ3v) is 1.12. The summed E-state index contributed by atoms with van der Waals surface area (Å²) >= 11 is 0. The van der Waals surface area contributed by atoms with Gasteiger partial charge in [0.15, 0.2) is 0 Å². The summed E-state index contributed by atoms with van der Waals surface area (Å²) in [5, 5.41) is 0. The molecule has 5 heteroatoms. The van der Waals surface area contributed by atoms with Crippen LogP contribution in [-0.2, 0) is 0 Å². The van der Waals surface area contributed by atoms with Crippen LogP contribution in [0.25, 0.3) is 0 Å². The van der Waals surface area contributed by atoms with Crippen LogP contribution < -0.4 is 11.3 Å². The molecule has 0 aromatic carbocycles. The molecular weight excluding hydrogens is 149 g/mol. The molecule has 0 saturated heterocycles. The number of nitrogens with two attached hydrogens (primary N) is 1. The van der Waals surface area contributed by atoms with Crippen molar-refractivity contribution in [2.75, 3.05) is 0 Å². The highest BCUT2D eigenvalue weighted by Crippen LogP contribution is 1.98. The smallest absolute Gasteiger partial charge is 0.265 e. The summed E-state index contributed by atoms with van der Waals surface area (Å²) in [6, 6.07) is 2.37. The molecule has 4 nitrogen and oxygen atoms in total. The molecule has 1 aromatic heterocycles. The van der Waals surface area contributed by atoms with Gasteiger partial charge in [0.05, 0.1) is 0 Å². The number of hydrogen-bond acceptors (Lipinski definition) is 3. The van der Waals surface area contributed by atoms with Crippen LogP contribution in [0, 0.1) is 5.95 Å². The molecule has 0 aliphatic carbocycles. The number of amides is 1. The van der Waals surface area contributed by atoms with Crippen molar-refractivity contribution in [3.8, 4) is 0 Å². The molecule has 11 heavy (non-hydrogen) atoms. The van der Waals surface area contributed by atoms with Crippen molar-refractivity contribution in [3.63, 3.8) is 0 Å². The molecule has 0 fully saturated rings. The molecule has 0 aliphatic heterocycles. The quantitative estimate of drug-likeness (QED) is 0.256. The number of halogens is 1. The lowest BCUT2D eigenvalue weighted by molar-refractivity contribution is 0.0953. The van der Waals surface area contributed by atoms with Crippen LogP contribution in [0.2, 0.25) is 0 Å². The maximum Gasteiger partial charge on any atom is 0.265 e. The Morgan fingerprint density at radius 3 is 3.00 bits per heavy atom. The van der Waals surface area contributed by atoms with Crippen molar-refractivity contribution in [2.45, 2.75) is 0 Å². The Morgan fingerprint density at radius 1 is 1.73 bits per heavy atom. The van der Waals surface area contributed by atoms with Gasteiger partial charge in [-0.15, -0.1) is 0 Å². The fourth-order valence-corrected chi connectivity index (χ4v) is 0.627. The third-order valence-electron chi connectivity index (χ3n) is 1.12. The summed E-state index contributed by atoms with van der Waals surface area (Å²) in [6.45, 7) is 0. The van der Waals surface area contributed by atoms with Crippen LogP contribution in [0.3, 0.4) is 0 Å². The summed E-state index contributed by atoms with van der Waals surface area (Å²) in [7, 11) is 0. The minimum absolute atomic E-state index is 0.153. The number of nitrogens with zero attached hydrogens (tertiary/aromatic N) is 1. The largest absolute Gasteiger partial charge is 0.290 e. The van der Waals surface area contributed by atoms with Crippen molar-refractivity contribution in [2.24, 2.45) is 5.84 Å². The van der Waals surface area contributed by atoms with Gasteiger partial charge in [0.2, 0.25) is 5.95 Å². The molecule has 0 aliphatic rings. The van der Waals surface area contributed by atoms with E-state index in [0.717, 1.165) is 6.07 Å². The molecule has 3 N–H and O–H groups in total. The van der Waals surface area contributed by atoms with Crippen LogP contribution in [-0.4, -0.2) is 10.9 Å². The Bertz CT molecular complexity index is 276. The maximum atomic E-state index is 12.3. The van der Waals surface area contributed by atoms with Crippen molar-refractivity contribution >= 4 is 5.91 Å². The molecule has 1 rings (SSSR count). The molecule has 0 spiro atoms. The van der Waals surface area contributed by atoms with E-state index in [-0.39, 0.29) is 5.56 Å². The summed E-state index contributed by atoms with van der Waals surface area (Å²) in [5.41, 5.74) is 2.03. The number of nitrogens with one attached hydrogen (secondary N) is 1. The second-order valence-electron chi connectivity index (χ2n) is 1.84. The zero-order valence-electron chi connectivity index (χ0n) is 5.54. The molecule has 0 unspecified atom stereocenters. The molecule has 1 amide bonds. The van der Waals surface area contributed by atoms with Crippen LogP contribution in [0.4, 0.5) is 4.39 Å². The number of hydrazine groups is 1. The SMILES string of the molecule is NNC(=O)c1ccnc(F)c1. The highest BCUT2D eigenvalue weighted by molar-refractivity contribution is 5.93. The highest BCUT2D eigenvalue weighted by atomic mass is 19.1. The molecule has 1 heterocycles. The van der Waals surface area contributed by atoms with Gasteiger partial charge >= 0.3 is 0 Å². The predicted molar refractivity (Wildman–Crippen MR) is 35.8 cm³/mol. The summed E-state index contributed by atoms with van der Waals surface area (Å²) in [4.78, 5) is 14.0. The first-order valence-corrected chi connectivity index (χ1v) is 2.86. The Balaban J connectivity index is 2.96. The lowest BCUT2D eigenvalue weighted by Gasteiger charge is -1.96. The van der Waals surface area contributed by atoms with E-state index in [0.29, 0.717) is 0 Å². The number of carbonyl (C=O) groups excluding carboxylic acids is 1. The highest BCUT2D eigenvalue weighted by Gasteiger charge is 2.03. The summed E-state index contributed by atoms with van der Waals surface area (Å²) in [6.07, 6.45) is 1.19. The van der Waals surface area contributed by atoms with Gasteiger partial charge < -0.3 is 0 Å². The van der Waals surface area contributed by atoms with Gasteiger partial charge in [-0.2, -0.15) is 4.39 Å². The lowest BCUT2D eigenvalue weighted by Crippen LogP contribution is -2.30. The van der Waals surface area contributed by atoms with Crippen molar-refractivity contribution in [1.29, 1.82) is 0 Å². The fourth-order valence-electron chi connectivity index (χ4n) is 0.627. The van der Waals surface area contributed by atoms with Crippen molar-refractivity contribution in [3.05, 3.63) is 29.8 Å². The van der Waals surface area contributed by atoms with E-state index in [2.05, 4.69) is 4.98 Å². The number of hydrogen-bond donors (Lipinski definition) is 2. The average molecular weight is 155 g/mol. The van der Waals surface area contributed by atoms with Crippen LogP contribution in [0.1, 0.15) is 10.4 Å². The Morgan fingerprint density at radius 2 is 2.45 bits per heavy atom. The number of rotatable bonds is 1. The number of carbonyl (C=O) groups is 1. The molecular formula is C6H6FN3O. The van der Waals surface area contributed by atoms with Gasteiger partial charge in [-0.05, 0) is 6.07 Å². The molecule has 0 radical (unpaired) electrons. The minimum Gasteiger partial charge on any atom is -0.290 e. The van der Waals surface area contributed by atoms with Crippen molar-refractivity contribution in [1.82, 2.24) is 10.4 Å². The van der Waals surface area contributed by atoms with Crippen molar-refractivity contribution < 1.29 is 9.18 Å². The van der Waals surface area contributed by atoms with E-state index in [1.54, 1.807) is 0 Å². The van der Waals surface area contributed by atoms with E-state index >= 15 is 0 Å². The first kappa shape index (κ1) is 7.62. The van der Waals surface area contributed by atoms with Crippen LogP contribution in [0.15, 0.2) is 18.3 Å². The van der Waals surface area contributed by atoms with Gasteiger partial charge in [0.1, 0.15) is 0 Å². The zero-order chi connectivity index (χ0) is 8.27. The van der Waals surface area contributed by atoms with Gasteiger partial charge in [-0.25, -0.2) is 10.8 Å². The van der Waals surface area contributed by atoms with Gasteiger partial charge in [-0.1, -0.05) is 0 Å². The molecule has 58 valence electrons. The number of aromatic nitrogens is 1. The normalized spacial score (nSPS) is 9.27. The second-order valence-corrected chi connectivity index (χ2v) is 1.84. The van der Waals surface area contributed by atoms with E-state index in [9.17, 15) is 9.18 Å². The van der Waals surface area contributed by atoms with E-state index in [1.807, 2.05) is 5.43 Å². The Labute approximate surface area is 62.2 Å². The van der Waals surface area contributed by atoms with E-state index in [4.69, 9.17) is 5.84 Å². The topological polar surface area (TPSA) is 68.0 Å². The molecule has 0 bridgehead atoms. The third kappa shape index (κ3) is 1.71. The van der Waals surface area contributed by atoms with Crippen LogP contribution >= 0.6 is 0 Å². The van der Waals surface area contributed by atoms with Crippen LogP contribution in [0.5, 0.6) is 0 Å². The standard InChI is InChI=1S/C6H6FN3O/c7-5-3-4(1-2-9-5)6(11)10-8/h1-3H,8H2,(H,10,11). The average Bonchev–Trinajstić information content (AvgIpc) is 2.03. The monoisotopic (exact) mass is 155 g/mol. The minimum atomic E-state index is -0.703. The second kappa shape index (κ2) is 3.07. The first-order valence-electron chi connectivity index (χ1n) is 2.86. The summed E-state index contributed by atoms with van der Waals surface area (Å²) in [5.74, 6) is 3.57. The molecule has 0 saturated carbocycles. The van der Waals surface area contributed by atoms with Gasteiger partial charge in [0, 0.05) is 17.8 Å². The number of nitrogen functional groups attached to an aromatic ring is 1. The van der Waals surface area contributed by atoms with Gasteiger partial charge in [0.25, 0.3) is 5.91 Å². The van der Waals surface area contributed by atoms with E-state index < -0.39 is 11.9 Å². The predicted octanol–water partition coefficient (Wildman–Crippen LogP) is -0.176. The lowest BCUT2D eigenvalue weighted by atomic mass is 10.2. The Hall–Kier alpha value is -1.49. The number of pyridine rings is 1. The first-order chi connectivity index (χ1) is 5.24. The maximum absolute atomic E-state index is 12.3. The van der Waals surface area contributed by atoms with Gasteiger partial charge in [-0.3, -0.25) is 10.2 Å². The fraction of sp³-hybridized carbons (Fsp3) is 0. The Kier molecular flexibility index (Phi) is 2.12. The zero-order valence-corrected chi connectivity index (χ0v) is 5.54.